The zero-order valence-electron chi connectivity index (χ0n) is 10.3. The van der Waals surface area contributed by atoms with Gasteiger partial charge in [-0.15, -0.1) is 0 Å². The molecule has 0 fully saturated rings. The van der Waals surface area contributed by atoms with Gasteiger partial charge in [-0.25, -0.2) is 0 Å². The summed E-state index contributed by atoms with van der Waals surface area (Å²) in [4.78, 5) is 16.1. The molecular formula is C14H19NO. The van der Waals surface area contributed by atoms with Crippen molar-refractivity contribution in [2.24, 2.45) is 5.92 Å². The monoisotopic (exact) mass is 217 g/mol. The highest BCUT2D eigenvalue weighted by atomic mass is 16.1. The van der Waals surface area contributed by atoms with Gasteiger partial charge in [-0.2, -0.15) is 0 Å². The fourth-order valence-electron chi connectivity index (χ4n) is 2.52. The minimum Gasteiger partial charge on any atom is -0.300 e. The molecule has 16 heavy (non-hydrogen) atoms. The van der Waals surface area contributed by atoms with E-state index in [1.54, 1.807) is 6.92 Å². The fraction of sp³-hybridized carbons (Fsp3) is 0.571. The van der Waals surface area contributed by atoms with Crippen LogP contribution in [0.5, 0.6) is 0 Å². The highest BCUT2D eigenvalue weighted by molar-refractivity contribution is 5.78. The van der Waals surface area contributed by atoms with Gasteiger partial charge in [-0.3, -0.25) is 9.78 Å². The zero-order chi connectivity index (χ0) is 11.7. The lowest BCUT2D eigenvalue weighted by molar-refractivity contribution is -0.120. The molecule has 0 spiro atoms. The predicted octanol–water partition coefficient (Wildman–Crippen LogP) is 3.04. The SMILES string of the molecule is CC(=O)C1CCC(C)c2ccc(C)nc2C1. The predicted molar refractivity (Wildman–Crippen MR) is 64.5 cm³/mol. The Balaban J connectivity index is 2.38. The van der Waals surface area contributed by atoms with Crippen molar-refractivity contribution in [3.63, 3.8) is 0 Å². The van der Waals surface area contributed by atoms with Crippen molar-refractivity contribution in [3.05, 3.63) is 29.1 Å². The van der Waals surface area contributed by atoms with Crippen molar-refractivity contribution in [2.45, 2.75) is 46.0 Å². The Bertz CT molecular complexity index is 411. The number of carbonyl (C=O) groups excluding carboxylic acids is 1. The molecule has 1 aliphatic carbocycles. The molecule has 1 heterocycles. The Morgan fingerprint density at radius 3 is 2.81 bits per heavy atom. The van der Waals surface area contributed by atoms with Crippen LogP contribution in [0.2, 0.25) is 0 Å². The first kappa shape index (κ1) is 11.3. The molecule has 2 unspecified atom stereocenters. The van der Waals surface area contributed by atoms with E-state index in [1.807, 2.05) is 6.92 Å². The smallest absolute Gasteiger partial charge is 0.133 e. The Morgan fingerprint density at radius 2 is 2.12 bits per heavy atom. The minimum atomic E-state index is 0.179. The summed E-state index contributed by atoms with van der Waals surface area (Å²) in [6, 6.07) is 4.26. The third kappa shape index (κ3) is 2.16. The summed E-state index contributed by atoms with van der Waals surface area (Å²) in [7, 11) is 0. The maximum absolute atomic E-state index is 11.5. The number of ketones is 1. The van der Waals surface area contributed by atoms with E-state index in [1.165, 1.54) is 5.56 Å². The van der Waals surface area contributed by atoms with Crippen molar-refractivity contribution in [1.29, 1.82) is 0 Å². The molecule has 0 aromatic carbocycles. The number of nitrogens with zero attached hydrogens (tertiary/aromatic N) is 1. The van der Waals surface area contributed by atoms with Crippen LogP contribution in [-0.4, -0.2) is 10.8 Å². The Labute approximate surface area is 97.1 Å². The lowest BCUT2D eigenvalue weighted by atomic mass is 9.95. The zero-order valence-corrected chi connectivity index (χ0v) is 10.3. The topological polar surface area (TPSA) is 30.0 Å². The van der Waals surface area contributed by atoms with Crippen molar-refractivity contribution in [2.75, 3.05) is 0 Å². The molecule has 0 aliphatic heterocycles. The summed E-state index contributed by atoms with van der Waals surface area (Å²) in [5.74, 6) is 1.02. The van der Waals surface area contributed by atoms with Gasteiger partial charge in [0.25, 0.3) is 0 Å². The van der Waals surface area contributed by atoms with Crippen molar-refractivity contribution >= 4 is 5.78 Å². The van der Waals surface area contributed by atoms with Crippen LogP contribution < -0.4 is 0 Å². The number of aromatic nitrogens is 1. The summed E-state index contributed by atoms with van der Waals surface area (Å²) in [6.45, 7) is 5.95. The van der Waals surface area contributed by atoms with Gasteiger partial charge < -0.3 is 0 Å². The molecule has 0 N–H and O–H groups in total. The summed E-state index contributed by atoms with van der Waals surface area (Å²) in [5, 5.41) is 0. The number of Topliss-reactive ketones (excluding diaryl/α,β-unsaturated/α-hetero) is 1. The van der Waals surface area contributed by atoms with Crippen LogP contribution in [0.3, 0.4) is 0 Å². The normalized spacial score (nSPS) is 24.7. The van der Waals surface area contributed by atoms with Crippen LogP contribution in [0.15, 0.2) is 12.1 Å². The molecule has 0 amide bonds. The van der Waals surface area contributed by atoms with Crippen molar-refractivity contribution < 1.29 is 4.79 Å². The molecule has 0 radical (unpaired) electrons. The van der Waals surface area contributed by atoms with Gasteiger partial charge in [0, 0.05) is 17.3 Å². The van der Waals surface area contributed by atoms with Crippen LogP contribution in [0.25, 0.3) is 0 Å². The number of hydrogen-bond acceptors (Lipinski definition) is 2. The van der Waals surface area contributed by atoms with E-state index in [-0.39, 0.29) is 5.92 Å². The number of carbonyl (C=O) groups is 1. The highest BCUT2D eigenvalue weighted by Crippen LogP contribution is 2.32. The van der Waals surface area contributed by atoms with Gasteiger partial charge in [-0.1, -0.05) is 13.0 Å². The molecule has 2 nitrogen and oxygen atoms in total. The fourth-order valence-corrected chi connectivity index (χ4v) is 2.52. The Morgan fingerprint density at radius 1 is 1.38 bits per heavy atom. The summed E-state index contributed by atoms with van der Waals surface area (Å²) >= 11 is 0. The minimum absolute atomic E-state index is 0.179. The molecule has 0 saturated heterocycles. The maximum Gasteiger partial charge on any atom is 0.133 e. The van der Waals surface area contributed by atoms with Gasteiger partial charge in [0.1, 0.15) is 5.78 Å². The summed E-state index contributed by atoms with van der Waals surface area (Å²) in [6.07, 6.45) is 2.94. The van der Waals surface area contributed by atoms with E-state index in [2.05, 4.69) is 24.0 Å². The molecule has 86 valence electrons. The first-order valence-corrected chi connectivity index (χ1v) is 6.05. The summed E-state index contributed by atoms with van der Waals surface area (Å²) < 4.78 is 0. The van der Waals surface area contributed by atoms with Crippen LogP contribution in [0, 0.1) is 12.8 Å². The maximum atomic E-state index is 11.5. The lowest BCUT2D eigenvalue weighted by Crippen LogP contribution is -2.13. The van der Waals surface area contributed by atoms with Crippen LogP contribution in [-0.2, 0) is 11.2 Å². The van der Waals surface area contributed by atoms with E-state index >= 15 is 0 Å². The molecule has 0 saturated carbocycles. The van der Waals surface area contributed by atoms with Gasteiger partial charge in [0.05, 0.1) is 0 Å². The molecule has 1 aliphatic rings. The molecule has 2 atom stereocenters. The molecule has 2 heteroatoms. The Hall–Kier alpha value is -1.18. The van der Waals surface area contributed by atoms with Crippen molar-refractivity contribution in [1.82, 2.24) is 4.98 Å². The molecule has 1 aromatic heterocycles. The number of aryl methyl sites for hydroxylation is 1. The van der Waals surface area contributed by atoms with Gasteiger partial charge in [-0.05, 0) is 50.7 Å². The number of fused-ring (bicyclic) bond motifs is 1. The lowest BCUT2D eigenvalue weighted by Gasteiger charge is -2.11. The van der Waals surface area contributed by atoms with Gasteiger partial charge >= 0.3 is 0 Å². The molecule has 2 rings (SSSR count). The average molecular weight is 217 g/mol. The molecule has 0 bridgehead atoms. The first-order valence-electron chi connectivity index (χ1n) is 6.05. The summed E-state index contributed by atoms with van der Waals surface area (Å²) in [5.41, 5.74) is 3.54. The standard InChI is InChI=1S/C14H19NO/c1-9-4-6-12(11(3)16)8-14-13(9)7-5-10(2)15-14/h5,7,9,12H,4,6,8H2,1-3H3. The van der Waals surface area contributed by atoms with E-state index in [0.717, 1.165) is 30.7 Å². The van der Waals surface area contributed by atoms with Crippen LogP contribution >= 0.6 is 0 Å². The second-order valence-corrected chi connectivity index (χ2v) is 4.98. The highest BCUT2D eigenvalue weighted by Gasteiger charge is 2.24. The van der Waals surface area contributed by atoms with Crippen molar-refractivity contribution in [3.8, 4) is 0 Å². The number of pyridine rings is 1. The van der Waals surface area contributed by atoms with E-state index < -0.39 is 0 Å². The molecule has 1 aromatic rings. The second kappa shape index (κ2) is 4.36. The van der Waals surface area contributed by atoms with Crippen LogP contribution in [0.1, 0.15) is 49.6 Å². The van der Waals surface area contributed by atoms with E-state index in [0.29, 0.717) is 11.7 Å². The third-order valence-corrected chi connectivity index (χ3v) is 3.64. The largest absolute Gasteiger partial charge is 0.300 e. The van der Waals surface area contributed by atoms with E-state index in [4.69, 9.17) is 0 Å². The van der Waals surface area contributed by atoms with Gasteiger partial charge in [0.15, 0.2) is 0 Å². The third-order valence-electron chi connectivity index (χ3n) is 3.64. The average Bonchev–Trinajstić information content (AvgIpc) is 2.38. The quantitative estimate of drug-likeness (QED) is 0.677. The van der Waals surface area contributed by atoms with E-state index in [9.17, 15) is 4.79 Å². The number of hydrogen-bond donors (Lipinski definition) is 0. The first-order chi connectivity index (χ1) is 7.58. The van der Waals surface area contributed by atoms with Gasteiger partial charge in [0.2, 0.25) is 0 Å². The Kier molecular flexibility index (Phi) is 3.08. The second-order valence-electron chi connectivity index (χ2n) is 4.98. The molecular weight excluding hydrogens is 198 g/mol. The van der Waals surface area contributed by atoms with Crippen LogP contribution in [0.4, 0.5) is 0 Å². The number of rotatable bonds is 1.